The van der Waals surface area contributed by atoms with Crippen LogP contribution in [-0.2, 0) is 7.05 Å². The largest absolute Gasteiger partial charge is 0.470 e. The Morgan fingerprint density at radius 2 is 2.46 bits per heavy atom. The van der Waals surface area contributed by atoms with Gasteiger partial charge in [-0.05, 0) is 12.8 Å². The number of hydrogen-bond acceptors (Lipinski definition) is 4. The lowest BCUT2D eigenvalue weighted by molar-refractivity contribution is -0.386. The maximum atomic E-state index is 10.5. The first-order valence-electron chi connectivity index (χ1n) is 4.01. The van der Waals surface area contributed by atoms with Gasteiger partial charge in [-0.1, -0.05) is 0 Å². The summed E-state index contributed by atoms with van der Waals surface area (Å²) in [5, 5.41) is 14.3. The smallest absolute Gasteiger partial charge is 0.350 e. The van der Waals surface area contributed by atoms with Crippen LogP contribution in [0.15, 0.2) is 6.20 Å². The predicted molar refractivity (Wildman–Crippen MR) is 43.5 cm³/mol. The molecule has 1 aliphatic rings. The lowest BCUT2D eigenvalue weighted by atomic mass is 10.5. The molecular formula is C7H9N3O3. The van der Waals surface area contributed by atoms with Gasteiger partial charge in [0, 0.05) is 7.05 Å². The minimum absolute atomic E-state index is 0.0607. The number of ether oxygens (including phenoxy) is 1. The minimum atomic E-state index is -0.481. The Morgan fingerprint density at radius 1 is 1.77 bits per heavy atom. The first-order chi connectivity index (χ1) is 6.18. The number of rotatable bonds is 3. The van der Waals surface area contributed by atoms with Crippen LogP contribution in [0.2, 0.25) is 0 Å². The Labute approximate surface area is 74.3 Å². The van der Waals surface area contributed by atoms with E-state index in [9.17, 15) is 10.1 Å². The third kappa shape index (κ3) is 1.47. The number of nitro groups is 1. The van der Waals surface area contributed by atoms with Gasteiger partial charge in [0.2, 0.25) is 0 Å². The highest BCUT2D eigenvalue weighted by Gasteiger charge is 2.29. The van der Waals surface area contributed by atoms with E-state index >= 15 is 0 Å². The number of hydrogen-bond donors (Lipinski definition) is 0. The summed E-state index contributed by atoms with van der Waals surface area (Å²) in [5.41, 5.74) is -0.0607. The Hall–Kier alpha value is -1.59. The molecule has 1 aromatic heterocycles. The zero-order valence-corrected chi connectivity index (χ0v) is 7.14. The highest BCUT2D eigenvalue weighted by molar-refractivity contribution is 5.39. The highest BCUT2D eigenvalue weighted by Crippen LogP contribution is 2.32. The van der Waals surface area contributed by atoms with E-state index in [2.05, 4.69) is 5.10 Å². The Morgan fingerprint density at radius 3 is 3.00 bits per heavy atom. The molecule has 0 amide bonds. The van der Waals surface area contributed by atoms with E-state index in [1.165, 1.54) is 10.9 Å². The van der Waals surface area contributed by atoms with Crippen LogP contribution in [0.3, 0.4) is 0 Å². The SMILES string of the molecule is Cn1ncc([N+](=O)[O-])c1OC1CC1. The van der Waals surface area contributed by atoms with Crippen LogP contribution in [0.25, 0.3) is 0 Å². The van der Waals surface area contributed by atoms with Crippen molar-refractivity contribution in [2.75, 3.05) is 0 Å². The van der Waals surface area contributed by atoms with Crippen LogP contribution in [0, 0.1) is 10.1 Å². The van der Waals surface area contributed by atoms with E-state index in [0.29, 0.717) is 0 Å². The molecule has 1 saturated carbocycles. The first kappa shape index (κ1) is 8.03. The first-order valence-corrected chi connectivity index (χ1v) is 4.01. The summed E-state index contributed by atoms with van der Waals surface area (Å²) in [4.78, 5) is 10.0. The van der Waals surface area contributed by atoms with Crippen LogP contribution in [0.5, 0.6) is 5.88 Å². The van der Waals surface area contributed by atoms with E-state index in [-0.39, 0.29) is 17.7 Å². The zero-order chi connectivity index (χ0) is 9.42. The summed E-state index contributed by atoms with van der Waals surface area (Å²) in [5.74, 6) is 0.257. The molecule has 0 atom stereocenters. The topological polar surface area (TPSA) is 70.2 Å². The fourth-order valence-electron chi connectivity index (χ4n) is 1.02. The fraction of sp³-hybridized carbons (Fsp3) is 0.571. The Balaban J connectivity index is 2.27. The van der Waals surface area contributed by atoms with Crippen LogP contribution in [0.1, 0.15) is 12.8 Å². The Bertz CT molecular complexity index is 343. The van der Waals surface area contributed by atoms with E-state index < -0.39 is 4.92 Å². The van der Waals surface area contributed by atoms with Crippen molar-refractivity contribution in [2.45, 2.75) is 18.9 Å². The van der Waals surface area contributed by atoms with Gasteiger partial charge >= 0.3 is 5.69 Å². The molecule has 0 saturated heterocycles. The minimum Gasteiger partial charge on any atom is -0.470 e. The molecule has 0 unspecified atom stereocenters. The van der Waals surface area contributed by atoms with Crippen LogP contribution in [-0.4, -0.2) is 20.8 Å². The highest BCUT2D eigenvalue weighted by atomic mass is 16.6. The molecule has 70 valence electrons. The monoisotopic (exact) mass is 183 g/mol. The van der Waals surface area contributed by atoms with Crippen molar-refractivity contribution in [3.8, 4) is 5.88 Å². The summed E-state index contributed by atoms with van der Waals surface area (Å²) in [6.45, 7) is 0. The quantitative estimate of drug-likeness (QED) is 0.515. The van der Waals surface area contributed by atoms with E-state index in [0.717, 1.165) is 12.8 Å². The standard InChI is InChI=1S/C7H9N3O3/c1-9-7(13-5-2-3-5)6(4-8-9)10(11)12/h4-5H,2-3H2,1H3. The van der Waals surface area contributed by atoms with Crippen molar-refractivity contribution in [1.29, 1.82) is 0 Å². The van der Waals surface area contributed by atoms with Gasteiger partial charge in [0.1, 0.15) is 12.3 Å². The van der Waals surface area contributed by atoms with Crippen molar-refractivity contribution < 1.29 is 9.66 Å². The predicted octanol–water partition coefficient (Wildman–Crippen LogP) is 0.869. The van der Waals surface area contributed by atoms with Gasteiger partial charge in [0.05, 0.1) is 4.92 Å². The van der Waals surface area contributed by atoms with Gasteiger partial charge in [-0.15, -0.1) is 0 Å². The van der Waals surface area contributed by atoms with Gasteiger partial charge in [-0.2, -0.15) is 5.10 Å². The van der Waals surface area contributed by atoms with Crippen molar-refractivity contribution >= 4 is 5.69 Å². The molecule has 0 aromatic carbocycles. The molecule has 1 aromatic rings. The number of nitrogens with zero attached hydrogens (tertiary/aromatic N) is 3. The average molecular weight is 183 g/mol. The van der Waals surface area contributed by atoms with Crippen LogP contribution < -0.4 is 4.74 Å². The summed E-state index contributed by atoms with van der Waals surface area (Å²) in [6, 6.07) is 0. The average Bonchev–Trinajstić information content (AvgIpc) is 2.78. The molecule has 6 heteroatoms. The molecule has 6 nitrogen and oxygen atoms in total. The molecule has 1 aliphatic carbocycles. The van der Waals surface area contributed by atoms with Gasteiger partial charge in [-0.25, -0.2) is 4.68 Å². The van der Waals surface area contributed by atoms with Crippen LogP contribution >= 0.6 is 0 Å². The summed E-state index contributed by atoms with van der Waals surface area (Å²) >= 11 is 0. The molecule has 0 radical (unpaired) electrons. The van der Waals surface area contributed by atoms with E-state index in [1.54, 1.807) is 7.05 Å². The van der Waals surface area contributed by atoms with Crippen molar-refractivity contribution in [3.63, 3.8) is 0 Å². The molecule has 0 bridgehead atoms. The third-order valence-electron chi connectivity index (χ3n) is 1.87. The van der Waals surface area contributed by atoms with Gasteiger partial charge < -0.3 is 4.74 Å². The lowest BCUT2D eigenvalue weighted by Crippen LogP contribution is -2.03. The summed E-state index contributed by atoms with van der Waals surface area (Å²) in [7, 11) is 1.63. The van der Waals surface area contributed by atoms with Crippen molar-refractivity contribution in [1.82, 2.24) is 9.78 Å². The second kappa shape index (κ2) is 2.72. The summed E-state index contributed by atoms with van der Waals surface area (Å²) in [6.07, 6.45) is 3.30. The zero-order valence-electron chi connectivity index (χ0n) is 7.14. The van der Waals surface area contributed by atoms with Gasteiger partial charge in [0.15, 0.2) is 0 Å². The van der Waals surface area contributed by atoms with Gasteiger partial charge in [-0.3, -0.25) is 10.1 Å². The molecule has 13 heavy (non-hydrogen) atoms. The second-order valence-corrected chi connectivity index (χ2v) is 3.03. The fourth-order valence-corrected chi connectivity index (χ4v) is 1.02. The van der Waals surface area contributed by atoms with Crippen molar-refractivity contribution in [2.24, 2.45) is 7.05 Å². The second-order valence-electron chi connectivity index (χ2n) is 3.03. The molecule has 0 N–H and O–H groups in total. The maximum Gasteiger partial charge on any atom is 0.350 e. The van der Waals surface area contributed by atoms with Crippen LogP contribution in [0.4, 0.5) is 5.69 Å². The lowest BCUT2D eigenvalue weighted by Gasteiger charge is -2.02. The molecule has 0 spiro atoms. The van der Waals surface area contributed by atoms with E-state index in [4.69, 9.17) is 4.74 Å². The van der Waals surface area contributed by atoms with E-state index in [1.807, 2.05) is 0 Å². The molecule has 1 heterocycles. The number of aryl methyl sites for hydroxylation is 1. The molecule has 2 rings (SSSR count). The molecule has 1 fully saturated rings. The van der Waals surface area contributed by atoms with Crippen molar-refractivity contribution in [3.05, 3.63) is 16.3 Å². The summed E-state index contributed by atoms with van der Waals surface area (Å²) < 4.78 is 6.73. The Kier molecular flexibility index (Phi) is 1.68. The third-order valence-corrected chi connectivity index (χ3v) is 1.87. The molecule has 0 aliphatic heterocycles. The maximum absolute atomic E-state index is 10.5. The van der Waals surface area contributed by atoms with Gasteiger partial charge in [0.25, 0.3) is 5.88 Å². The number of aromatic nitrogens is 2. The molecular weight excluding hydrogens is 174 g/mol. The normalized spacial score (nSPS) is 15.8.